The third-order valence-corrected chi connectivity index (χ3v) is 11.1. The Morgan fingerprint density at radius 1 is 0.821 bits per heavy atom. The standard InChI is InChI=1S/C31H35NO5S2/c1-30(2,33)25-14-12-22(13-15-25)28(38(5,34)35)18-21-9-7-10-23(17-21)27-20-26(31(3,4)39(6,36)37)19-24-11-8-16-32-29(24)27/h7-17,19-20,28,33H,18H2,1-6H3. The Labute approximate surface area is 231 Å². The molecule has 0 aliphatic carbocycles. The number of sulfone groups is 2. The molecule has 0 aliphatic heterocycles. The number of hydrogen-bond donors (Lipinski definition) is 1. The second-order valence-electron chi connectivity index (χ2n) is 11.3. The quantitative estimate of drug-likeness (QED) is 0.293. The molecule has 0 fully saturated rings. The zero-order valence-corrected chi connectivity index (χ0v) is 24.8. The van der Waals surface area contributed by atoms with Crippen molar-refractivity contribution in [1.29, 1.82) is 0 Å². The molecule has 1 aromatic heterocycles. The molecule has 0 saturated heterocycles. The number of fused-ring (bicyclic) bond motifs is 1. The first-order chi connectivity index (χ1) is 18.0. The first-order valence-electron chi connectivity index (χ1n) is 12.7. The molecule has 4 aromatic rings. The van der Waals surface area contributed by atoms with Crippen LogP contribution in [-0.2, 0) is 36.4 Å². The lowest BCUT2D eigenvalue weighted by molar-refractivity contribution is 0.0786. The van der Waals surface area contributed by atoms with Crippen LogP contribution in [0.1, 0.15) is 55.2 Å². The summed E-state index contributed by atoms with van der Waals surface area (Å²) in [6.07, 6.45) is 4.43. The van der Waals surface area contributed by atoms with E-state index in [1.807, 2.05) is 48.5 Å². The lowest BCUT2D eigenvalue weighted by atomic mass is 9.92. The van der Waals surface area contributed by atoms with E-state index in [9.17, 15) is 21.9 Å². The molecule has 0 saturated carbocycles. The Balaban J connectivity index is 1.80. The van der Waals surface area contributed by atoms with Gasteiger partial charge in [-0.1, -0.05) is 54.6 Å². The number of hydrogen-bond acceptors (Lipinski definition) is 6. The van der Waals surface area contributed by atoms with E-state index in [4.69, 9.17) is 0 Å². The Hall–Kier alpha value is -3.07. The van der Waals surface area contributed by atoms with Crippen LogP contribution in [0.15, 0.2) is 79.0 Å². The van der Waals surface area contributed by atoms with E-state index in [-0.39, 0.29) is 6.42 Å². The van der Waals surface area contributed by atoms with Crippen LogP contribution in [0.5, 0.6) is 0 Å². The van der Waals surface area contributed by atoms with Gasteiger partial charge in [-0.3, -0.25) is 4.98 Å². The predicted molar refractivity (Wildman–Crippen MR) is 158 cm³/mol. The summed E-state index contributed by atoms with van der Waals surface area (Å²) in [5.41, 5.74) is 4.17. The number of benzene rings is 3. The average Bonchev–Trinajstić information content (AvgIpc) is 2.85. The van der Waals surface area contributed by atoms with Gasteiger partial charge in [0.05, 0.1) is 21.1 Å². The summed E-state index contributed by atoms with van der Waals surface area (Å²) in [4.78, 5) is 4.58. The molecule has 4 rings (SSSR count). The van der Waals surface area contributed by atoms with E-state index in [0.717, 1.165) is 27.6 Å². The summed E-state index contributed by atoms with van der Waals surface area (Å²) < 4.78 is 49.9. The van der Waals surface area contributed by atoms with E-state index in [1.165, 1.54) is 12.5 Å². The largest absolute Gasteiger partial charge is 0.386 e. The van der Waals surface area contributed by atoms with Crippen molar-refractivity contribution in [3.63, 3.8) is 0 Å². The van der Waals surface area contributed by atoms with Crippen LogP contribution in [0.25, 0.3) is 22.0 Å². The van der Waals surface area contributed by atoms with E-state index in [1.54, 1.807) is 58.2 Å². The smallest absolute Gasteiger partial charge is 0.156 e. The highest BCUT2D eigenvalue weighted by Gasteiger charge is 2.33. The second kappa shape index (κ2) is 10.2. The van der Waals surface area contributed by atoms with Crippen LogP contribution in [0.2, 0.25) is 0 Å². The molecule has 39 heavy (non-hydrogen) atoms. The number of aliphatic hydroxyl groups is 1. The Morgan fingerprint density at radius 2 is 1.49 bits per heavy atom. The van der Waals surface area contributed by atoms with Gasteiger partial charge in [0.2, 0.25) is 0 Å². The van der Waals surface area contributed by atoms with Crippen molar-refractivity contribution in [3.8, 4) is 11.1 Å². The summed E-state index contributed by atoms with van der Waals surface area (Å²) in [6, 6.07) is 22.2. The van der Waals surface area contributed by atoms with Crippen molar-refractivity contribution in [2.75, 3.05) is 12.5 Å². The minimum Gasteiger partial charge on any atom is -0.386 e. The lowest BCUT2D eigenvalue weighted by Crippen LogP contribution is -2.28. The Kier molecular flexibility index (Phi) is 7.53. The van der Waals surface area contributed by atoms with E-state index in [0.29, 0.717) is 16.7 Å². The number of rotatable bonds is 8. The SMILES string of the molecule is CC(C)(O)c1ccc(C(Cc2cccc(-c3cc(C(C)(C)S(C)(=O)=O)cc4cccnc34)c2)S(C)(=O)=O)cc1. The van der Waals surface area contributed by atoms with Crippen molar-refractivity contribution < 1.29 is 21.9 Å². The molecule has 1 atom stereocenters. The summed E-state index contributed by atoms with van der Waals surface area (Å²) in [5, 5.41) is 10.3. The summed E-state index contributed by atoms with van der Waals surface area (Å²) in [5.74, 6) is 0. The first-order valence-corrected chi connectivity index (χ1v) is 16.5. The molecule has 0 aliphatic rings. The molecular weight excluding hydrogens is 530 g/mol. The molecule has 0 radical (unpaired) electrons. The van der Waals surface area contributed by atoms with Gasteiger partial charge in [0, 0.05) is 29.7 Å². The molecule has 1 heterocycles. The van der Waals surface area contributed by atoms with Gasteiger partial charge < -0.3 is 5.11 Å². The van der Waals surface area contributed by atoms with Crippen molar-refractivity contribution >= 4 is 30.6 Å². The van der Waals surface area contributed by atoms with Gasteiger partial charge in [0.25, 0.3) is 0 Å². The van der Waals surface area contributed by atoms with Crippen LogP contribution in [0.4, 0.5) is 0 Å². The van der Waals surface area contributed by atoms with Crippen molar-refractivity contribution in [2.24, 2.45) is 0 Å². The van der Waals surface area contributed by atoms with Crippen LogP contribution in [0, 0.1) is 0 Å². The van der Waals surface area contributed by atoms with Gasteiger partial charge in [-0.25, -0.2) is 16.8 Å². The zero-order chi connectivity index (χ0) is 28.8. The highest BCUT2D eigenvalue weighted by Crippen LogP contribution is 2.37. The number of nitrogens with zero attached hydrogens (tertiary/aromatic N) is 1. The van der Waals surface area contributed by atoms with Crippen molar-refractivity contribution in [3.05, 3.63) is 101 Å². The van der Waals surface area contributed by atoms with Gasteiger partial charge in [0.15, 0.2) is 19.7 Å². The minimum absolute atomic E-state index is 0.258. The fourth-order valence-corrected chi connectivity index (χ4v) is 6.37. The summed E-state index contributed by atoms with van der Waals surface area (Å²) >= 11 is 0. The van der Waals surface area contributed by atoms with Gasteiger partial charge >= 0.3 is 0 Å². The molecule has 6 nitrogen and oxygen atoms in total. The van der Waals surface area contributed by atoms with E-state index in [2.05, 4.69) is 4.98 Å². The highest BCUT2D eigenvalue weighted by atomic mass is 32.2. The predicted octanol–water partition coefficient (Wildman–Crippen LogP) is 5.74. The van der Waals surface area contributed by atoms with Crippen LogP contribution in [-0.4, -0.2) is 39.4 Å². The summed E-state index contributed by atoms with van der Waals surface area (Å²) in [7, 11) is -6.87. The number of pyridine rings is 1. The maximum absolute atomic E-state index is 12.9. The molecule has 1 unspecified atom stereocenters. The van der Waals surface area contributed by atoms with Crippen molar-refractivity contribution in [1.82, 2.24) is 4.98 Å². The topological polar surface area (TPSA) is 101 Å². The molecule has 8 heteroatoms. The summed E-state index contributed by atoms with van der Waals surface area (Å²) in [6.45, 7) is 6.76. The van der Waals surface area contributed by atoms with Crippen molar-refractivity contribution in [2.45, 2.75) is 49.7 Å². The fourth-order valence-electron chi connectivity index (χ4n) is 4.68. The number of aromatic nitrogens is 1. The van der Waals surface area contributed by atoms with Gasteiger partial charge in [-0.2, -0.15) is 0 Å². The molecule has 3 aromatic carbocycles. The molecule has 0 bridgehead atoms. The third kappa shape index (κ3) is 6.08. The van der Waals surface area contributed by atoms with Gasteiger partial charge in [-0.15, -0.1) is 0 Å². The molecule has 1 N–H and O–H groups in total. The normalized spacial score (nSPS) is 13.9. The molecular formula is C31H35NO5S2. The van der Waals surface area contributed by atoms with Crippen LogP contribution in [0.3, 0.4) is 0 Å². The molecule has 206 valence electrons. The maximum atomic E-state index is 12.9. The second-order valence-corrected chi connectivity index (χ2v) is 16.1. The Bertz CT molecular complexity index is 1730. The zero-order valence-electron chi connectivity index (χ0n) is 23.1. The Morgan fingerprint density at radius 3 is 2.08 bits per heavy atom. The highest BCUT2D eigenvalue weighted by molar-refractivity contribution is 7.91. The van der Waals surface area contributed by atoms with Gasteiger partial charge in [-0.05, 0) is 80.1 Å². The third-order valence-electron chi connectivity index (χ3n) is 7.49. The molecule has 0 spiro atoms. The monoisotopic (exact) mass is 565 g/mol. The molecule has 0 amide bonds. The maximum Gasteiger partial charge on any atom is 0.156 e. The first kappa shape index (κ1) is 28.9. The van der Waals surface area contributed by atoms with E-state index >= 15 is 0 Å². The minimum atomic E-state index is -3.46. The lowest BCUT2D eigenvalue weighted by Gasteiger charge is -2.24. The fraction of sp³-hybridized carbons (Fsp3) is 0.323. The van der Waals surface area contributed by atoms with Gasteiger partial charge in [0.1, 0.15) is 0 Å². The van der Waals surface area contributed by atoms with E-state index < -0.39 is 35.3 Å². The van der Waals surface area contributed by atoms with Crippen LogP contribution >= 0.6 is 0 Å². The average molecular weight is 566 g/mol. The van der Waals surface area contributed by atoms with Crippen LogP contribution < -0.4 is 0 Å².